The number of thioether (sulfide) groups is 1. The van der Waals surface area contributed by atoms with E-state index in [4.69, 9.17) is 0 Å². The number of likely N-dealkylation sites (tertiary alicyclic amines) is 1. The Morgan fingerprint density at radius 3 is 1.81 bits per heavy atom. The number of phenolic OH excluding ortho intramolecular Hbond substituents is 1. The Bertz CT molecular complexity index is 2390. The predicted molar refractivity (Wildman–Crippen MR) is 252 cm³/mol. The number of amides is 4. The molecule has 5 atom stereocenters. The summed E-state index contributed by atoms with van der Waals surface area (Å²) in [4.78, 5) is 69.3. The first kappa shape index (κ1) is 53.1. The fraction of sp³-hybridized carbons (Fsp3) is 0.540. The van der Waals surface area contributed by atoms with Gasteiger partial charge < -0.3 is 20.6 Å². The van der Waals surface area contributed by atoms with E-state index in [-0.39, 0.29) is 39.2 Å². The highest BCUT2D eigenvalue weighted by atomic mass is 32.2. The molecule has 1 aliphatic carbocycles. The second-order valence-electron chi connectivity index (χ2n) is 20.5. The van der Waals surface area contributed by atoms with Crippen LogP contribution in [0.3, 0.4) is 0 Å². The van der Waals surface area contributed by atoms with Gasteiger partial charge in [0.15, 0.2) is 0 Å². The molecule has 366 valence electrons. The number of nitrogens with zero attached hydrogens (tertiary/aromatic N) is 1. The number of Topliss-reactive ketones (excluding diaryl/α,β-unsaturated/α-hetero) is 1. The number of nitrogens with one attached hydrogen (secondary N) is 3. The normalized spacial score (nSPS) is 18.9. The molecule has 2 aliphatic rings. The van der Waals surface area contributed by atoms with Crippen molar-refractivity contribution in [2.45, 2.75) is 159 Å². The highest BCUT2D eigenvalue weighted by molar-refractivity contribution is 7.99. The summed E-state index contributed by atoms with van der Waals surface area (Å²) in [6.45, 7) is 18.6. The van der Waals surface area contributed by atoms with Gasteiger partial charge in [-0.3, -0.25) is 24.0 Å². The zero-order valence-electron chi connectivity index (χ0n) is 40.0. The van der Waals surface area contributed by atoms with Gasteiger partial charge in [-0.2, -0.15) is 13.2 Å². The molecule has 17 heteroatoms. The van der Waals surface area contributed by atoms with Crippen LogP contribution in [0.15, 0.2) is 70.5 Å². The third-order valence-corrected chi connectivity index (χ3v) is 14.9. The number of hydrogen-bond donors (Lipinski definition) is 4. The number of fused-ring (bicyclic) bond motifs is 1. The summed E-state index contributed by atoms with van der Waals surface area (Å²) in [7, 11) is -4.39. The number of phenols is 1. The van der Waals surface area contributed by atoms with Crippen molar-refractivity contribution in [1.29, 1.82) is 0 Å². The Kier molecular flexibility index (Phi) is 16.4. The first-order chi connectivity index (χ1) is 31.0. The summed E-state index contributed by atoms with van der Waals surface area (Å²) in [6.07, 6.45) is -1.43. The molecule has 3 aromatic carbocycles. The van der Waals surface area contributed by atoms with Gasteiger partial charge in [0.1, 0.15) is 17.8 Å². The molecule has 4 N–H and O–H groups in total. The van der Waals surface area contributed by atoms with E-state index in [0.29, 0.717) is 25.0 Å². The molecule has 1 saturated heterocycles. The molecular formula is C50H65F3N4O8S2. The van der Waals surface area contributed by atoms with E-state index in [9.17, 15) is 50.7 Å². The maximum absolute atomic E-state index is 14.4. The van der Waals surface area contributed by atoms with Crippen LogP contribution in [0.25, 0.3) is 0 Å². The van der Waals surface area contributed by atoms with Gasteiger partial charge in [0.25, 0.3) is 27.6 Å². The van der Waals surface area contributed by atoms with E-state index in [1.54, 1.807) is 49.9 Å². The zero-order chi connectivity index (χ0) is 50.0. The topological polar surface area (TPSA) is 179 Å². The summed E-state index contributed by atoms with van der Waals surface area (Å²) in [5, 5.41) is 16.1. The fourth-order valence-corrected chi connectivity index (χ4v) is 10.8. The Labute approximate surface area is 397 Å². The molecule has 3 aromatic rings. The number of ketones is 1. The lowest BCUT2D eigenvalue weighted by molar-refractivity contribution is -0.175. The molecule has 12 nitrogen and oxygen atoms in total. The van der Waals surface area contributed by atoms with Gasteiger partial charge >= 0.3 is 6.18 Å². The molecular weight excluding hydrogens is 906 g/mol. The quantitative estimate of drug-likeness (QED) is 0.109. The van der Waals surface area contributed by atoms with E-state index < -0.39 is 81.6 Å². The van der Waals surface area contributed by atoms with Crippen LogP contribution in [-0.2, 0) is 41.7 Å². The molecule has 67 heavy (non-hydrogen) atoms. The van der Waals surface area contributed by atoms with Crippen molar-refractivity contribution in [3.63, 3.8) is 0 Å². The van der Waals surface area contributed by atoms with E-state index >= 15 is 0 Å². The highest BCUT2D eigenvalue weighted by Crippen LogP contribution is 2.43. The van der Waals surface area contributed by atoms with Crippen LogP contribution in [0, 0.1) is 17.8 Å². The van der Waals surface area contributed by atoms with Gasteiger partial charge in [0, 0.05) is 38.9 Å². The van der Waals surface area contributed by atoms with Gasteiger partial charge in [-0.15, -0.1) is 11.8 Å². The van der Waals surface area contributed by atoms with Crippen LogP contribution in [-0.4, -0.2) is 83.9 Å². The Morgan fingerprint density at radius 1 is 0.761 bits per heavy atom. The zero-order valence-corrected chi connectivity index (χ0v) is 41.6. The lowest BCUT2D eigenvalue weighted by Gasteiger charge is -2.37. The number of aromatic hydroxyl groups is 1. The molecule has 0 aromatic heterocycles. The third kappa shape index (κ3) is 12.8. The maximum Gasteiger partial charge on any atom is 0.452 e. The van der Waals surface area contributed by atoms with Crippen LogP contribution < -0.4 is 15.4 Å². The van der Waals surface area contributed by atoms with Gasteiger partial charge in [-0.25, -0.2) is 13.1 Å². The van der Waals surface area contributed by atoms with Gasteiger partial charge in [0.05, 0.1) is 10.9 Å². The fourth-order valence-electron chi connectivity index (χ4n) is 8.84. The molecule has 0 spiro atoms. The van der Waals surface area contributed by atoms with Crippen molar-refractivity contribution < 1.29 is 50.7 Å². The third-order valence-electron chi connectivity index (χ3n) is 12.6. The highest BCUT2D eigenvalue weighted by Gasteiger charge is 2.51. The number of carbonyl (C=O) groups is 5. The minimum absolute atomic E-state index is 0.00359. The molecule has 5 rings (SSSR count). The Hall–Kier alpha value is -4.90. The van der Waals surface area contributed by atoms with Crippen LogP contribution in [0.1, 0.15) is 139 Å². The summed E-state index contributed by atoms with van der Waals surface area (Å²) in [6, 6.07) is 10.9. The summed E-state index contributed by atoms with van der Waals surface area (Å²) >= 11 is 1.66. The summed E-state index contributed by atoms with van der Waals surface area (Å²) in [5.41, 5.74) is 2.31. The second-order valence-corrected chi connectivity index (χ2v) is 23.4. The van der Waals surface area contributed by atoms with Crippen molar-refractivity contribution in [3.05, 3.63) is 88.5 Å². The largest absolute Gasteiger partial charge is 0.507 e. The number of halogens is 3. The van der Waals surface area contributed by atoms with Crippen molar-refractivity contribution >= 4 is 51.2 Å². The second kappa shape index (κ2) is 20.8. The van der Waals surface area contributed by atoms with Crippen LogP contribution in [0.5, 0.6) is 5.75 Å². The van der Waals surface area contributed by atoms with Crippen molar-refractivity contribution in [1.82, 2.24) is 20.3 Å². The Balaban J connectivity index is 1.22. The smallest absolute Gasteiger partial charge is 0.452 e. The predicted octanol–water partition coefficient (Wildman–Crippen LogP) is 8.63. The number of benzene rings is 3. The molecule has 0 bridgehead atoms. The van der Waals surface area contributed by atoms with Crippen molar-refractivity contribution in [2.75, 3.05) is 5.75 Å². The molecule has 4 amide bonds. The summed E-state index contributed by atoms with van der Waals surface area (Å²) < 4.78 is 69.1. The number of sulfonamides is 1. The van der Waals surface area contributed by atoms with Crippen LogP contribution in [0.2, 0.25) is 0 Å². The number of carbonyl (C=O) groups excluding carboxylic acids is 5. The van der Waals surface area contributed by atoms with Gasteiger partial charge in [0.2, 0.25) is 11.8 Å². The molecule has 1 unspecified atom stereocenters. The monoisotopic (exact) mass is 970 g/mol. The SMILES string of the molecule is CC(C)C(NC(=O)[C@@H]1C[C@@H]2CCCC[C@@H]2N1C(=O)[C@@H](NC(=O)c1ccc(S(=O)(=O)NC(=O)c2ccc(CCSc3cc(C(C)(C)C)c(O)c(C(C)(C)C)c3)cc2)cc1)C(C)C)C(=O)C(F)(F)F. The molecule has 1 heterocycles. The first-order valence-electron chi connectivity index (χ1n) is 22.8. The van der Waals surface area contributed by atoms with Crippen LogP contribution in [0.4, 0.5) is 13.2 Å². The van der Waals surface area contributed by atoms with Gasteiger partial charge in [-0.1, -0.05) is 94.2 Å². The number of rotatable bonds is 15. The van der Waals surface area contributed by atoms with Crippen molar-refractivity contribution in [2.24, 2.45) is 17.8 Å². The minimum Gasteiger partial charge on any atom is -0.507 e. The molecule has 0 radical (unpaired) electrons. The minimum atomic E-state index is -5.18. The number of alkyl halides is 3. The lowest BCUT2D eigenvalue weighted by atomic mass is 9.79. The lowest BCUT2D eigenvalue weighted by Crippen LogP contribution is -2.59. The van der Waals surface area contributed by atoms with Crippen LogP contribution >= 0.6 is 11.8 Å². The van der Waals surface area contributed by atoms with E-state index in [1.807, 2.05) is 12.1 Å². The summed E-state index contributed by atoms with van der Waals surface area (Å²) in [5.74, 6) is -5.55. The standard InChI is InChI=1S/C50H65F3N4O8S2/c1-28(2)40(43(59)50(51,52)53)54-46(62)39-25-33-13-11-12-14-38(33)57(39)47(63)41(29(3)4)55-44(60)31-19-21-35(22-20-31)67(64,65)56-45(61)32-17-15-30(16-18-32)23-24-66-34-26-36(48(5,6)7)42(58)37(27-34)49(8,9)10/h15-22,26-29,33,38-41,58H,11-14,23-25H2,1-10H3,(H,54,62)(H,55,60)(H,56,61)/t33-,38-,39-,40?,41-/m0/s1. The average molecular weight is 971 g/mol. The van der Waals surface area contributed by atoms with E-state index in [0.717, 1.165) is 52.3 Å². The average Bonchev–Trinajstić information content (AvgIpc) is 3.63. The molecule has 1 saturated carbocycles. The van der Waals surface area contributed by atoms with Gasteiger partial charge in [-0.05, 0) is 108 Å². The number of aryl methyl sites for hydroxylation is 1. The van der Waals surface area contributed by atoms with Crippen molar-refractivity contribution in [3.8, 4) is 5.75 Å². The van der Waals surface area contributed by atoms with E-state index in [2.05, 4.69) is 56.9 Å². The first-order valence-corrected chi connectivity index (χ1v) is 25.3. The number of hydrogen-bond acceptors (Lipinski definition) is 9. The maximum atomic E-state index is 14.4. The molecule has 2 fully saturated rings. The Morgan fingerprint density at radius 2 is 1.28 bits per heavy atom. The molecule has 1 aliphatic heterocycles. The van der Waals surface area contributed by atoms with E-state index in [1.165, 1.54) is 30.9 Å².